The summed E-state index contributed by atoms with van der Waals surface area (Å²) in [6, 6.07) is 17.7. The van der Waals surface area contributed by atoms with Crippen LogP contribution in [0.3, 0.4) is 0 Å². The van der Waals surface area contributed by atoms with E-state index < -0.39 is 0 Å². The van der Waals surface area contributed by atoms with Gasteiger partial charge in [0.05, 0.1) is 12.4 Å². The zero-order valence-electron chi connectivity index (χ0n) is 20.0. The lowest BCUT2D eigenvalue weighted by atomic mass is 10.1. The van der Waals surface area contributed by atoms with Gasteiger partial charge in [0.1, 0.15) is 16.8 Å². The number of thioether (sulfide) groups is 1. The Morgan fingerprint density at radius 2 is 1.26 bits per heavy atom. The molecule has 2 fully saturated rings. The standard InChI is InChI=1S/C14H21S.C10H12.C4H8S.3CH4.ClH2/c1-3-14(15-10-4-5-11-15)13-8-6-12(2)7-9-13;1-3-4-10-7-5-9(2)6-8-10;1-2-4-5-3-1;;;;/h6-9,14H,3-5,10-11H2,1-2H3;3-8H,1-2H3;1-4H2;3*1H4;1H2/q+1;;;;;;+1/b;4-3+;;;;;. The van der Waals surface area contributed by atoms with Crippen molar-refractivity contribution < 1.29 is 12.4 Å². The Balaban J connectivity index is -0.000000444. The molecule has 2 aliphatic rings. The maximum atomic E-state index is 2.34. The smallest absolute Gasteiger partial charge is 0.143 e. The first kappa shape index (κ1) is 37.7. The molecule has 0 amide bonds. The maximum absolute atomic E-state index is 2.34. The summed E-state index contributed by atoms with van der Waals surface area (Å²) in [5.41, 5.74) is 5.54. The molecule has 0 spiro atoms. The average Bonchev–Trinajstić information content (AvgIpc) is 3.49. The summed E-state index contributed by atoms with van der Waals surface area (Å²) in [6.07, 6.45) is 11.3. The van der Waals surface area contributed by atoms with Crippen LogP contribution < -0.4 is 0 Å². The minimum Gasteiger partial charge on any atom is -0.162 e. The predicted octanol–water partition coefficient (Wildman–Crippen LogP) is 9.77. The van der Waals surface area contributed by atoms with Gasteiger partial charge in [-0.2, -0.15) is 11.8 Å². The second-order valence-electron chi connectivity index (χ2n) is 8.19. The van der Waals surface area contributed by atoms with E-state index in [1.165, 1.54) is 71.8 Å². The number of allylic oxidation sites excluding steroid dienone is 1. The fraction of sp³-hybridized carbons (Fsp3) is 0.548. The molecule has 0 N–H and O–H groups in total. The monoisotopic (exact) mass is 526 g/mol. The van der Waals surface area contributed by atoms with Gasteiger partial charge in [-0.1, -0.05) is 101 Å². The summed E-state index contributed by atoms with van der Waals surface area (Å²) in [6.45, 7) is 8.64. The van der Waals surface area contributed by atoms with E-state index in [2.05, 4.69) is 87.1 Å². The molecule has 4 rings (SSSR count). The molecule has 196 valence electrons. The van der Waals surface area contributed by atoms with Crippen molar-refractivity contribution in [3.8, 4) is 0 Å². The third-order valence-electron chi connectivity index (χ3n) is 5.55. The number of hydrogen-bond acceptors (Lipinski definition) is 1. The van der Waals surface area contributed by atoms with E-state index in [-0.39, 0.29) is 34.7 Å². The van der Waals surface area contributed by atoms with E-state index in [0.29, 0.717) is 10.9 Å². The van der Waals surface area contributed by atoms with Crippen LogP contribution >= 0.6 is 11.8 Å². The normalized spacial score (nSPS) is 15.2. The molecule has 2 aromatic carbocycles. The summed E-state index contributed by atoms with van der Waals surface area (Å²) >= 11 is 2.07. The van der Waals surface area contributed by atoms with Crippen molar-refractivity contribution in [1.82, 2.24) is 0 Å². The third kappa shape index (κ3) is 14.5. The van der Waals surface area contributed by atoms with E-state index in [0.717, 1.165) is 5.25 Å². The van der Waals surface area contributed by atoms with Crippen molar-refractivity contribution >= 4 is 28.7 Å². The first-order valence-corrected chi connectivity index (χ1v) is 14.4. The molecule has 0 nitrogen and oxygen atoms in total. The van der Waals surface area contributed by atoms with Crippen LogP contribution in [0.25, 0.3) is 6.08 Å². The molecule has 2 aliphatic heterocycles. The third-order valence-corrected chi connectivity index (χ3v) is 9.74. The zero-order valence-corrected chi connectivity index (χ0v) is 22.5. The molecular weight excluding hydrogens is 472 g/mol. The van der Waals surface area contributed by atoms with Crippen molar-refractivity contribution in [3.63, 3.8) is 0 Å². The fourth-order valence-corrected chi connectivity index (χ4v) is 7.74. The van der Waals surface area contributed by atoms with Crippen LogP contribution in [0.1, 0.15) is 95.7 Å². The molecular formula is C31H55ClS2+2. The Morgan fingerprint density at radius 3 is 1.65 bits per heavy atom. The van der Waals surface area contributed by atoms with Crippen LogP contribution in [0.2, 0.25) is 0 Å². The number of rotatable bonds is 4. The van der Waals surface area contributed by atoms with Gasteiger partial charge < -0.3 is 0 Å². The Morgan fingerprint density at radius 1 is 0.794 bits per heavy atom. The lowest BCUT2D eigenvalue weighted by molar-refractivity contribution is -0.00000750. The molecule has 0 bridgehead atoms. The molecule has 0 aromatic heterocycles. The van der Waals surface area contributed by atoms with Crippen molar-refractivity contribution in [3.05, 3.63) is 76.9 Å². The lowest BCUT2D eigenvalue weighted by Crippen LogP contribution is -2.14. The quantitative estimate of drug-likeness (QED) is 0.357. The second kappa shape index (κ2) is 22.6. The van der Waals surface area contributed by atoms with Gasteiger partial charge in [-0.3, -0.25) is 0 Å². The predicted molar refractivity (Wildman–Crippen MR) is 166 cm³/mol. The van der Waals surface area contributed by atoms with E-state index in [9.17, 15) is 0 Å². The molecule has 0 saturated carbocycles. The summed E-state index contributed by atoms with van der Waals surface area (Å²) in [5.74, 6) is 5.79. The largest absolute Gasteiger partial charge is 0.162 e. The minimum atomic E-state index is 0. The van der Waals surface area contributed by atoms with E-state index in [1.807, 2.05) is 13.0 Å². The van der Waals surface area contributed by atoms with Crippen LogP contribution in [0.5, 0.6) is 0 Å². The summed E-state index contributed by atoms with van der Waals surface area (Å²) in [5, 5.41) is 0.841. The number of benzene rings is 2. The van der Waals surface area contributed by atoms with Crippen molar-refractivity contribution in [2.24, 2.45) is 0 Å². The van der Waals surface area contributed by atoms with Gasteiger partial charge in [-0.25, -0.2) is 0 Å². The Bertz CT molecular complexity index is 704. The van der Waals surface area contributed by atoms with E-state index in [4.69, 9.17) is 0 Å². The summed E-state index contributed by atoms with van der Waals surface area (Å²) in [7, 11) is 0.677. The summed E-state index contributed by atoms with van der Waals surface area (Å²) < 4.78 is 0. The van der Waals surface area contributed by atoms with E-state index in [1.54, 1.807) is 5.56 Å². The van der Waals surface area contributed by atoms with Crippen LogP contribution in [0.15, 0.2) is 54.6 Å². The molecule has 1 atom stereocenters. The molecule has 0 aliphatic carbocycles. The first-order valence-electron chi connectivity index (χ1n) is 11.6. The number of aryl methyl sites for hydroxylation is 2. The Hall–Kier alpha value is -0.830. The highest BCUT2D eigenvalue weighted by Gasteiger charge is 2.33. The number of halogens is 1. The highest BCUT2D eigenvalue weighted by molar-refractivity contribution is 7.99. The van der Waals surface area contributed by atoms with Crippen LogP contribution in [-0.4, -0.2) is 23.0 Å². The molecule has 2 heterocycles. The molecule has 3 heteroatoms. The molecule has 1 unspecified atom stereocenters. The van der Waals surface area contributed by atoms with Gasteiger partial charge in [0, 0.05) is 5.56 Å². The average molecular weight is 527 g/mol. The summed E-state index contributed by atoms with van der Waals surface area (Å²) in [4.78, 5) is 0. The first-order chi connectivity index (χ1) is 14.6. The molecule has 2 aromatic rings. The minimum absolute atomic E-state index is 0. The van der Waals surface area contributed by atoms with Crippen molar-refractivity contribution in [2.45, 2.75) is 87.3 Å². The van der Waals surface area contributed by atoms with Crippen molar-refractivity contribution in [2.75, 3.05) is 23.0 Å². The Labute approximate surface area is 227 Å². The molecule has 0 radical (unpaired) electrons. The Kier molecular flexibility index (Phi) is 25.1. The SMILES string of the molecule is C.C.C.C/C=C/c1ccc(C)cc1.C1CCSC1.CCC(c1ccc(C)cc1)[S+]1CCCC1.[ClH2+]. The van der Waals surface area contributed by atoms with Gasteiger partial charge in [-0.05, 0) is 80.8 Å². The zero-order chi connectivity index (χ0) is 21.6. The lowest BCUT2D eigenvalue weighted by Gasteiger charge is -2.14. The molecule has 34 heavy (non-hydrogen) atoms. The highest BCUT2D eigenvalue weighted by atomic mass is 35.5. The van der Waals surface area contributed by atoms with Crippen LogP contribution in [0.4, 0.5) is 0 Å². The van der Waals surface area contributed by atoms with Gasteiger partial charge in [-0.15, -0.1) is 0 Å². The molecule has 2 saturated heterocycles. The second-order valence-corrected chi connectivity index (χ2v) is 11.9. The topological polar surface area (TPSA) is 0 Å². The van der Waals surface area contributed by atoms with Crippen LogP contribution in [0, 0.1) is 26.3 Å². The number of hydrogen-bond donors (Lipinski definition) is 0. The van der Waals surface area contributed by atoms with Gasteiger partial charge in [0.25, 0.3) is 0 Å². The van der Waals surface area contributed by atoms with Gasteiger partial charge in [0.2, 0.25) is 0 Å². The fourth-order valence-electron chi connectivity index (χ4n) is 3.79. The van der Waals surface area contributed by atoms with E-state index >= 15 is 0 Å². The van der Waals surface area contributed by atoms with Gasteiger partial charge >= 0.3 is 0 Å². The van der Waals surface area contributed by atoms with Crippen LogP contribution in [-0.2, 0) is 10.9 Å². The van der Waals surface area contributed by atoms with Crippen molar-refractivity contribution in [1.29, 1.82) is 0 Å². The van der Waals surface area contributed by atoms with Gasteiger partial charge in [0.15, 0.2) is 0 Å². The maximum Gasteiger partial charge on any atom is 0.143 e. The highest BCUT2D eigenvalue weighted by Crippen LogP contribution is 2.33.